The third-order valence-corrected chi connectivity index (χ3v) is 4.39. The minimum absolute atomic E-state index is 0.146. The highest BCUT2D eigenvalue weighted by molar-refractivity contribution is 7.99. The highest BCUT2D eigenvalue weighted by Gasteiger charge is 2.25. The number of hydrogen-bond acceptors (Lipinski definition) is 3. The number of amides is 1. The lowest BCUT2D eigenvalue weighted by Gasteiger charge is -2.35. The molecule has 0 unspecified atom stereocenters. The molecule has 0 aliphatic carbocycles. The quantitative estimate of drug-likeness (QED) is 0.799. The van der Waals surface area contributed by atoms with Crippen LogP contribution in [0.25, 0.3) is 0 Å². The Kier molecular flexibility index (Phi) is 5.49. The Balaban J connectivity index is 1.76. The van der Waals surface area contributed by atoms with Gasteiger partial charge in [0.2, 0.25) is 5.91 Å². The van der Waals surface area contributed by atoms with E-state index < -0.39 is 0 Å². The summed E-state index contributed by atoms with van der Waals surface area (Å²) in [6.07, 6.45) is 0.887. The summed E-state index contributed by atoms with van der Waals surface area (Å²) in [7, 11) is 0. The van der Waals surface area contributed by atoms with Crippen molar-refractivity contribution in [2.24, 2.45) is 0 Å². The highest BCUT2D eigenvalue weighted by Crippen LogP contribution is 2.20. The average Bonchev–Trinajstić information content (AvgIpc) is 2.40. The van der Waals surface area contributed by atoms with Crippen LogP contribution in [0.5, 0.6) is 0 Å². The lowest BCUT2D eigenvalue weighted by molar-refractivity contribution is -0.142. The van der Waals surface area contributed by atoms with Crippen LogP contribution in [0.4, 0.5) is 0 Å². The molecule has 0 bridgehead atoms. The van der Waals surface area contributed by atoms with Crippen molar-refractivity contribution >= 4 is 17.7 Å². The van der Waals surface area contributed by atoms with Crippen molar-refractivity contribution in [3.05, 3.63) is 29.8 Å². The third-order valence-electron chi connectivity index (χ3n) is 3.38. The normalized spacial score (nSPS) is 22.9. The highest BCUT2D eigenvalue weighted by atomic mass is 32.2. The van der Waals surface area contributed by atoms with Gasteiger partial charge in [-0.05, 0) is 32.9 Å². The number of carbonyl (C=O) groups is 1. The van der Waals surface area contributed by atoms with Crippen LogP contribution in [0.15, 0.2) is 29.2 Å². The van der Waals surface area contributed by atoms with Gasteiger partial charge in [0.1, 0.15) is 0 Å². The number of benzene rings is 1. The molecule has 1 aliphatic rings. The molecular formula is C16H23NO2S. The van der Waals surface area contributed by atoms with Gasteiger partial charge in [0.15, 0.2) is 0 Å². The molecule has 3 nitrogen and oxygen atoms in total. The minimum atomic E-state index is 0.146. The molecule has 4 heteroatoms. The summed E-state index contributed by atoms with van der Waals surface area (Å²) in [5, 5.41) is 0. The van der Waals surface area contributed by atoms with E-state index in [1.807, 2.05) is 18.7 Å². The fraction of sp³-hybridized carbons (Fsp3) is 0.562. The van der Waals surface area contributed by atoms with Gasteiger partial charge in [-0.15, -0.1) is 11.8 Å². The van der Waals surface area contributed by atoms with E-state index >= 15 is 0 Å². The van der Waals surface area contributed by atoms with E-state index in [0.717, 1.165) is 18.8 Å². The molecule has 2 rings (SSSR count). The summed E-state index contributed by atoms with van der Waals surface area (Å²) >= 11 is 1.74. The second-order valence-corrected chi connectivity index (χ2v) is 6.64. The largest absolute Gasteiger partial charge is 0.372 e. The molecule has 0 radical (unpaired) electrons. The third kappa shape index (κ3) is 4.53. The van der Waals surface area contributed by atoms with Crippen molar-refractivity contribution in [1.29, 1.82) is 0 Å². The SMILES string of the molecule is Cc1ccc(SCCC(=O)N2C[C@@H](C)O[C@@H](C)C2)cc1. The molecule has 1 amide bonds. The fourth-order valence-corrected chi connectivity index (χ4v) is 3.27. The lowest BCUT2D eigenvalue weighted by Crippen LogP contribution is -2.48. The Morgan fingerprint density at radius 1 is 1.25 bits per heavy atom. The first-order chi connectivity index (χ1) is 9.54. The second-order valence-electron chi connectivity index (χ2n) is 5.47. The predicted molar refractivity (Wildman–Crippen MR) is 83.1 cm³/mol. The zero-order valence-electron chi connectivity index (χ0n) is 12.5. The maximum atomic E-state index is 12.2. The zero-order chi connectivity index (χ0) is 14.5. The van der Waals surface area contributed by atoms with Crippen molar-refractivity contribution in [3.8, 4) is 0 Å². The van der Waals surface area contributed by atoms with E-state index in [4.69, 9.17) is 4.74 Å². The molecule has 1 fully saturated rings. The van der Waals surface area contributed by atoms with Crippen LogP contribution in [0.3, 0.4) is 0 Å². The summed E-state index contributed by atoms with van der Waals surface area (Å²) in [4.78, 5) is 15.4. The molecule has 1 aromatic carbocycles. The molecule has 1 aliphatic heterocycles. The number of rotatable bonds is 4. The number of hydrogen-bond donors (Lipinski definition) is 0. The van der Waals surface area contributed by atoms with Crippen LogP contribution < -0.4 is 0 Å². The van der Waals surface area contributed by atoms with Crippen molar-refractivity contribution in [2.45, 2.75) is 44.3 Å². The standard InChI is InChI=1S/C16H23NO2S/c1-12-4-6-15(7-5-12)20-9-8-16(18)17-10-13(2)19-14(3)11-17/h4-7,13-14H,8-11H2,1-3H3/t13-,14+. The molecule has 0 saturated carbocycles. The first-order valence-corrected chi connectivity index (χ1v) is 8.16. The number of morpholine rings is 1. The molecule has 2 atom stereocenters. The maximum Gasteiger partial charge on any atom is 0.223 e. The van der Waals surface area contributed by atoms with Gasteiger partial charge >= 0.3 is 0 Å². The molecule has 1 heterocycles. The summed E-state index contributed by atoms with van der Waals surface area (Å²) in [5.74, 6) is 1.08. The molecule has 0 spiro atoms. The number of carbonyl (C=O) groups excluding carboxylic acids is 1. The molecule has 1 saturated heterocycles. The van der Waals surface area contributed by atoms with E-state index in [1.54, 1.807) is 11.8 Å². The Morgan fingerprint density at radius 2 is 1.85 bits per heavy atom. The van der Waals surface area contributed by atoms with Crippen molar-refractivity contribution < 1.29 is 9.53 Å². The Labute approximate surface area is 125 Å². The van der Waals surface area contributed by atoms with Gasteiger partial charge in [-0.1, -0.05) is 17.7 Å². The van der Waals surface area contributed by atoms with Gasteiger partial charge in [-0.3, -0.25) is 4.79 Å². The number of thioether (sulfide) groups is 1. The molecule has 0 N–H and O–H groups in total. The molecule has 110 valence electrons. The maximum absolute atomic E-state index is 12.2. The Bertz CT molecular complexity index is 436. The minimum Gasteiger partial charge on any atom is -0.372 e. The summed E-state index contributed by atoms with van der Waals surface area (Å²) in [5.41, 5.74) is 1.27. The van der Waals surface area contributed by atoms with E-state index in [-0.39, 0.29) is 18.1 Å². The number of nitrogens with zero attached hydrogens (tertiary/aromatic N) is 1. The molecular weight excluding hydrogens is 270 g/mol. The molecule has 20 heavy (non-hydrogen) atoms. The smallest absolute Gasteiger partial charge is 0.223 e. The van der Waals surface area contributed by atoms with Crippen LogP contribution in [0.1, 0.15) is 25.8 Å². The Hall–Kier alpha value is -1.00. The Morgan fingerprint density at radius 3 is 2.45 bits per heavy atom. The van der Waals surface area contributed by atoms with E-state index in [1.165, 1.54) is 10.5 Å². The van der Waals surface area contributed by atoms with Crippen LogP contribution in [-0.2, 0) is 9.53 Å². The lowest BCUT2D eigenvalue weighted by atomic mass is 10.2. The van der Waals surface area contributed by atoms with E-state index in [0.29, 0.717) is 6.42 Å². The fourth-order valence-electron chi connectivity index (χ4n) is 2.43. The number of ether oxygens (including phenoxy) is 1. The van der Waals surface area contributed by atoms with Gasteiger partial charge in [0.05, 0.1) is 12.2 Å². The van der Waals surface area contributed by atoms with Crippen LogP contribution in [-0.4, -0.2) is 41.9 Å². The number of aryl methyl sites for hydroxylation is 1. The van der Waals surface area contributed by atoms with E-state index in [2.05, 4.69) is 31.2 Å². The second kappa shape index (κ2) is 7.14. The summed E-state index contributed by atoms with van der Waals surface area (Å²) in [6, 6.07) is 8.44. The predicted octanol–water partition coefficient (Wildman–Crippen LogP) is 3.11. The van der Waals surface area contributed by atoms with Crippen LogP contribution in [0.2, 0.25) is 0 Å². The first kappa shape index (κ1) is 15.4. The zero-order valence-corrected chi connectivity index (χ0v) is 13.3. The topological polar surface area (TPSA) is 29.5 Å². The molecule has 0 aromatic heterocycles. The van der Waals surface area contributed by atoms with Crippen LogP contribution >= 0.6 is 11.8 Å². The average molecular weight is 293 g/mol. The van der Waals surface area contributed by atoms with Gasteiger partial charge in [0, 0.05) is 30.2 Å². The first-order valence-electron chi connectivity index (χ1n) is 7.17. The van der Waals surface area contributed by atoms with Crippen LogP contribution in [0, 0.1) is 6.92 Å². The van der Waals surface area contributed by atoms with Crippen molar-refractivity contribution in [1.82, 2.24) is 4.90 Å². The van der Waals surface area contributed by atoms with Gasteiger partial charge in [0.25, 0.3) is 0 Å². The van der Waals surface area contributed by atoms with Crippen molar-refractivity contribution in [2.75, 3.05) is 18.8 Å². The van der Waals surface area contributed by atoms with Gasteiger partial charge < -0.3 is 9.64 Å². The summed E-state index contributed by atoms with van der Waals surface area (Å²) < 4.78 is 5.65. The van der Waals surface area contributed by atoms with Gasteiger partial charge in [-0.25, -0.2) is 0 Å². The van der Waals surface area contributed by atoms with E-state index in [9.17, 15) is 4.79 Å². The molecule has 1 aromatic rings. The monoisotopic (exact) mass is 293 g/mol. The summed E-state index contributed by atoms with van der Waals surface area (Å²) in [6.45, 7) is 7.57. The van der Waals surface area contributed by atoms with Crippen molar-refractivity contribution in [3.63, 3.8) is 0 Å². The van der Waals surface area contributed by atoms with Gasteiger partial charge in [-0.2, -0.15) is 0 Å².